The summed E-state index contributed by atoms with van der Waals surface area (Å²) in [7, 11) is 1.41. The van der Waals surface area contributed by atoms with E-state index in [0.29, 0.717) is 5.69 Å². The number of rotatable bonds is 3. The van der Waals surface area contributed by atoms with Crippen LogP contribution in [0.4, 0.5) is 10.1 Å². The Morgan fingerprint density at radius 3 is 2.65 bits per heavy atom. The molecule has 2 rings (SSSR count). The molecule has 0 saturated heterocycles. The molecule has 0 bridgehead atoms. The minimum absolute atomic E-state index is 0.123. The second-order valence-electron chi connectivity index (χ2n) is 3.96. The number of aromatic hydroxyl groups is 1. The predicted molar refractivity (Wildman–Crippen MR) is 74.0 cm³/mol. The molecule has 0 fully saturated rings. The minimum atomic E-state index is -0.715. The van der Waals surface area contributed by atoms with E-state index >= 15 is 0 Å². The normalized spacial score (nSPS) is 10.2. The maximum absolute atomic E-state index is 13.6. The van der Waals surface area contributed by atoms with Gasteiger partial charge in [-0.25, -0.2) is 4.39 Å². The second-order valence-corrected chi connectivity index (χ2v) is 4.40. The Labute approximate surface area is 119 Å². The number of methoxy groups -OCH3 is 1. The molecule has 0 atom stereocenters. The van der Waals surface area contributed by atoms with Gasteiger partial charge in [0.25, 0.3) is 5.91 Å². The van der Waals surface area contributed by atoms with Crippen LogP contribution in [0.3, 0.4) is 0 Å². The molecule has 2 N–H and O–H groups in total. The van der Waals surface area contributed by atoms with Gasteiger partial charge in [-0.3, -0.25) is 4.79 Å². The summed E-state index contributed by atoms with van der Waals surface area (Å²) in [5.74, 6) is -1.20. The third kappa shape index (κ3) is 3.00. The Bertz CT molecular complexity index is 661. The van der Waals surface area contributed by atoms with Crippen molar-refractivity contribution >= 4 is 23.2 Å². The number of hydrogen-bond acceptors (Lipinski definition) is 3. The third-order valence-electron chi connectivity index (χ3n) is 2.61. The van der Waals surface area contributed by atoms with Crippen molar-refractivity contribution in [2.45, 2.75) is 0 Å². The van der Waals surface area contributed by atoms with Crippen LogP contribution in [-0.2, 0) is 0 Å². The van der Waals surface area contributed by atoms with Gasteiger partial charge in [-0.05, 0) is 30.3 Å². The van der Waals surface area contributed by atoms with Crippen molar-refractivity contribution < 1.29 is 19.0 Å². The zero-order valence-corrected chi connectivity index (χ0v) is 11.2. The fourth-order valence-electron chi connectivity index (χ4n) is 1.64. The molecule has 0 radical (unpaired) electrons. The maximum atomic E-state index is 13.6. The smallest absolute Gasteiger partial charge is 0.258 e. The fourth-order valence-corrected chi connectivity index (χ4v) is 1.80. The number of carbonyl (C=O) groups is 1. The number of hydrogen-bond donors (Lipinski definition) is 2. The Balaban J connectivity index is 2.21. The number of amides is 1. The van der Waals surface area contributed by atoms with Crippen LogP contribution >= 0.6 is 11.6 Å². The first-order valence-corrected chi connectivity index (χ1v) is 6.02. The lowest BCUT2D eigenvalue weighted by molar-refractivity contribution is 0.102. The van der Waals surface area contributed by atoms with Gasteiger partial charge >= 0.3 is 0 Å². The fraction of sp³-hybridized carbons (Fsp3) is 0.0714. The highest BCUT2D eigenvalue weighted by molar-refractivity contribution is 6.30. The molecule has 104 valence electrons. The van der Waals surface area contributed by atoms with Crippen molar-refractivity contribution in [1.29, 1.82) is 0 Å². The second kappa shape index (κ2) is 5.79. The highest BCUT2D eigenvalue weighted by atomic mass is 35.5. The van der Waals surface area contributed by atoms with Gasteiger partial charge in [0, 0.05) is 16.8 Å². The molecule has 0 aliphatic heterocycles. The van der Waals surface area contributed by atoms with Crippen LogP contribution in [0.2, 0.25) is 5.02 Å². The van der Waals surface area contributed by atoms with E-state index in [4.69, 9.17) is 16.3 Å². The Hall–Kier alpha value is -2.27. The lowest BCUT2D eigenvalue weighted by Gasteiger charge is -2.08. The van der Waals surface area contributed by atoms with Crippen LogP contribution in [0.25, 0.3) is 0 Å². The van der Waals surface area contributed by atoms with Gasteiger partial charge in [0.1, 0.15) is 5.82 Å². The molecule has 0 aromatic heterocycles. The summed E-state index contributed by atoms with van der Waals surface area (Å²) in [4.78, 5) is 11.9. The topological polar surface area (TPSA) is 58.6 Å². The van der Waals surface area contributed by atoms with Gasteiger partial charge in [0.2, 0.25) is 0 Å². The van der Waals surface area contributed by atoms with Gasteiger partial charge in [0.15, 0.2) is 11.5 Å². The zero-order chi connectivity index (χ0) is 14.7. The predicted octanol–water partition coefficient (Wildman–Crippen LogP) is 3.45. The molecule has 1 amide bonds. The van der Waals surface area contributed by atoms with Crippen molar-refractivity contribution in [3.8, 4) is 11.5 Å². The van der Waals surface area contributed by atoms with Crippen LogP contribution in [0.15, 0.2) is 36.4 Å². The largest absolute Gasteiger partial charge is 0.504 e. The number of halogens is 2. The lowest BCUT2D eigenvalue weighted by Crippen LogP contribution is -2.13. The highest BCUT2D eigenvalue weighted by Crippen LogP contribution is 2.28. The van der Waals surface area contributed by atoms with Gasteiger partial charge in [-0.1, -0.05) is 11.6 Å². The summed E-state index contributed by atoms with van der Waals surface area (Å²) in [5, 5.41) is 12.3. The number of ether oxygens (including phenoxy) is 1. The van der Waals surface area contributed by atoms with E-state index in [2.05, 4.69) is 5.32 Å². The Morgan fingerprint density at radius 2 is 2.05 bits per heavy atom. The van der Waals surface area contributed by atoms with E-state index in [0.717, 1.165) is 6.07 Å². The quantitative estimate of drug-likeness (QED) is 0.912. The van der Waals surface area contributed by atoms with Crippen LogP contribution in [0, 0.1) is 5.82 Å². The molecule has 0 saturated carbocycles. The summed E-state index contributed by atoms with van der Waals surface area (Å²) in [6.07, 6.45) is 0. The average Bonchev–Trinajstić information content (AvgIpc) is 2.38. The molecule has 0 unspecified atom stereocenters. The van der Waals surface area contributed by atoms with E-state index in [1.807, 2.05) is 0 Å². The minimum Gasteiger partial charge on any atom is -0.504 e. The van der Waals surface area contributed by atoms with E-state index < -0.39 is 11.7 Å². The van der Waals surface area contributed by atoms with Gasteiger partial charge in [0.05, 0.1) is 12.7 Å². The number of anilines is 1. The summed E-state index contributed by atoms with van der Waals surface area (Å²) in [6, 6.07) is 8.10. The summed E-state index contributed by atoms with van der Waals surface area (Å²) in [6.45, 7) is 0. The Morgan fingerprint density at radius 1 is 1.30 bits per heavy atom. The van der Waals surface area contributed by atoms with Crippen molar-refractivity contribution in [3.63, 3.8) is 0 Å². The van der Waals surface area contributed by atoms with E-state index in [-0.39, 0.29) is 22.1 Å². The average molecular weight is 296 g/mol. The first-order valence-electron chi connectivity index (χ1n) is 5.64. The lowest BCUT2D eigenvalue weighted by atomic mass is 10.2. The van der Waals surface area contributed by atoms with Crippen LogP contribution < -0.4 is 10.1 Å². The van der Waals surface area contributed by atoms with E-state index in [1.165, 1.54) is 37.4 Å². The number of phenolic OH excluding ortho intramolecular Hbond substituents is 1. The number of nitrogens with one attached hydrogen (secondary N) is 1. The highest BCUT2D eigenvalue weighted by Gasteiger charge is 2.13. The van der Waals surface area contributed by atoms with Crippen LogP contribution in [0.1, 0.15) is 10.4 Å². The summed E-state index contributed by atoms with van der Waals surface area (Å²) in [5.41, 5.74) is 0.187. The molecule has 2 aromatic carbocycles. The van der Waals surface area contributed by atoms with Crippen LogP contribution in [0.5, 0.6) is 11.5 Å². The number of phenols is 1. The monoisotopic (exact) mass is 295 g/mol. The zero-order valence-electron chi connectivity index (χ0n) is 10.5. The molecular weight excluding hydrogens is 285 g/mol. The number of carbonyl (C=O) groups excluding carboxylic acids is 1. The molecular formula is C14H11ClFNO3. The first-order chi connectivity index (χ1) is 9.51. The molecule has 6 heteroatoms. The molecule has 20 heavy (non-hydrogen) atoms. The van der Waals surface area contributed by atoms with E-state index in [9.17, 15) is 14.3 Å². The third-order valence-corrected chi connectivity index (χ3v) is 2.85. The van der Waals surface area contributed by atoms with Crippen molar-refractivity contribution in [2.24, 2.45) is 0 Å². The molecule has 0 spiro atoms. The van der Waals surface area contributed by atoms with Crippen LogP contribution in [-0.4, -0.2) is 18.1 Å². The van der Waals surface area contributed by atoms with Crippen molar-refractivity contribution in [3.05, 3.63) is 52.8 Å². The summed E-state index contributed by atoms with van der Waals surface area (Å²) >= 11 is 5.62. The summed E-state index contributed by atoms with van der Waals surface area (Å²) < 4.78 is 18.5. The number of benzene rings is 2. The standard InChI is InChI=1S/C14H11ClFNO3/c1-20-13-5-3-9(7-12(13)18)17-14(19)10-4-2-8(15)6-11(10)16/h2-7,18H,1H3,(H,17,19). The molecule has 0 aliphatic carbocycles. The van der Waals surface area contributed by atoms with Gasteiger partial charge in [-0.15, -0.1) is 0 Å². The molecule has 0 heterocycles. The first kappa shape index (κ1) is 14.1. The van der Waals surface area contributed by atoms with Gasteiger partial charge in [-0.2, -0.15) is 0 Å². The molecule has 0 aliphatic rings. The Kier molecular flexibility index (Phi) is 4.10. The van der Waals surface area contributed by atoms with Crippen molar-refractivity contribution in [2.75, 3.05) is 12.4 Å². The molecule has 2 aromatic rings. The van der Waals surface area contributed by atoms with E-state index in [1.54, 1.807) is 0 Å². The van der Waals surface area contributed by atoms with Gasteiger partial charge < -0.3 is 15.2 Å². The SMILES string of the molecule is COc1ccc(NC(=O)c2ccc(Cl)cc2F)cc1O. The molecule has 4 nitrogen and oxygen atoms in total. The van der Waals surface area contributed by atoms with Crippen molar-refractivity contribution in [1.82, 2.24) is 0 Å². The maximum Gasteiger partial charge on any atom is 0.258 e.